The summed E-state index contributed by atoms with van der Waals surface area (Å²) in [5.41, 5.74) is 2.74. The zero-order chi connectivity index (χ0) is 17.3. The molecule has 0 saturated heterocycles. The average molecular weight is 339 g/mol. The molecule has 0 saturated carbocycles. The molecule has 7 nitrogen and oxygen atoms in total. The number of benzene rings is 1. The first kappa shape index (κ1) is 14.2. The molecule has 0 fully saturated rings. The lowest BCUT2D eigenvalue weighted by Crippen LogP contribution is -2.24. The molecule has 1 aromatic carbocycles. The summed E-state index contributed by atoms with van der Waals surface area (Å²) < 4.78 is 25.6. The summed E-state index contributed by atoms with van der Waals surface area (Å²) in [7, 11) is 3.48. The van der Waals surface area contributed by atoms with Gasteiger partial charge in [0.2, 0.25) is 0 Å². The number of halogens is 1. The van der Waals surface area contributed by atoms with Gasteiger partial charge in [0.15, 0.2) is 0 Å². The molecule has 0 atom stereocenters. The Balaban J connectivity index is 2.03. The van der Waals surface area contributed by atoms with Crippen LogP contribution in [-0.4, -0.2) is 30.5 Å². The van der Waals surface area contributed by atoms with Gasteiger partial charge < -0.3 is 4.74 Å². The van der Waals surface area contributed by atoms with Crippen LogP contribution in [0.5, 0.6) is 5.75 Å². The summed E-state index contributed by atoms with van der Waals surface area (Å²) in [6.07, 6.45) is 4.94. The van der Waals surface area contributed by atoms with Gasteiger partial charge in [0, 0.05) is 31.9 Å². The van der Waals surface area contributed by atoms with E-state index in [9.17, 15) is 9.18 Å². The SMILES string of the molecule is Cn1cc(-c2c(F)cc3ncc4c5c3c2OCCn5c(=O)n4C)cn1. The lowest BCUT2D eigenvalue weighted by atomic mass is 10.0. The van der Waals surface area contributed by atoms with Crippen molar-refractivity contribution in [2.75, 3.05) is 6.61 Å². The summed E-state index contributed by atoms with van der Waals surface area (Å²) in [5, 5.41) is 4.79. The van der Waals surface area contributed by atoms with Crippen LogP contribution in [0.3, 0.4) is 0 Å². The van der Waals surface area contributed by atoms with Crippen molar-refractivity contribution in [1.29, 1.82) is 0 Å². The number of hydrogen-bond donors (Lipinski definition) is 0. The first-order chi connectivity index (χ1) is 12.1. The van der Waals surface area contributed by atoms with E-state index in [1.54, 1.807) is 46.5 Å². The van der Waals surface area contributed by atoms with Crippen molar-refractivity contribution in [2.45, 2.75) is 6.54 Å². The van der Waals surface area contributed by atoms with Crippen LogP contribution in [-0.2, 0) is 20.6 Å². The number of imidazole rings is 1. The highest BCUT2D eigenvalue weighted by molar-refractivity contribution is 6.09. The maximum Gasteiger partial charge on any atom is 0.329 e. The Labute approximate surface area is 140 Å². The molecular formula is C17H14FN5O2. The van der Waals surface area contributed by atoms with Crippen molar-refractivity contribution >= 4 is 21.9 Å². The molecule has 0 spiro atoms. The maximum atomic E-state index is 14.9. The highest BCUT2D eigenvalue weighted by atomic mass is 19.1. The van der Waals surface area contributed by atoms with Crippen molar-refractivity contribution < 1.29 is 9.13 Å². The molecular weight excluding hydrogens is 325 g/mol. The van der Waals surface area contributed by atoms with Gasteiger partial charge in [-0.3, -0.25) is 18.8 Å². The molecule has 0 unspecified atom stereocenters. The van der Waals surface area contributed by atoms with Gasteiger partial charge in [0.05, 0.1) is 46.4 Å². The number of pyridine rings is 1. The van der Waals surface area contributed by atoms with Gasteiger partial charge in [-0.15, -0.1) is 0 Å². The number of rotatable bonds is 1. The van der Waals surface area contributed by atoms with Gasteiger partial charge in [-0.05, 0) is 0 Å². The predicted molar refractivity (Wildman–Crippen MR) is 90.1 cm³/mol. The topological polar surface area (TPSA) is 66.9 Å². The quantitative estimate of drug-likeness (QED) is 0.531. The highest BCUT2D eigenvalue weighted by Gasteiger charge is 2.25. The summed E-state index contributed by atoms with van der Waals surface area (Å²) in [6.45, 7) is 0.678. The van der Waals surface area contributed by atoms with E-state index < -0.39 is 5.82 Å². The molecule has 0 amide bonds. The van der Waals surface area contributed by atoms with Crippen LogP contribution < -0.4 is 10.4 Å². The van der Waals surface area contributed by atoms with Gasteiger partial charge in [0.25, 0.3) is 0 Å². The first-order valence-electron chi connectivity index (χ1n) is 7.88. The lowest BCUT2D eigenvalue weighted by molar-refractivity contribution is 0.305. The number of ether oxygens (including phenoxy) is 1. The third-order valence-electron chi connectivity index (χ3n) is 4.72. The minimum Gasteiger partial charge on any atom is -0.490 e. The second-order valence-electron chi connectivity index (χ2n) is 6.19. The predicted octanol–water partition coefficient (Wildman–Crippen LogP) is 1.82. The Morgan fingerprint density at radius 2 is 2.12 bits per heavy atom. The van der Waals surface area contributed by atoms with Crippen molar-refractivity contribution in [3.8, 4) is 16.9 Å². The summed E-state index contributed by atoms with van der Waals surface area (Å²) in [6, 6.07) is 1.39. The van der Waals surface area contributed by atoms with Crippen LogP contribution in [0.4, 0.5) is 4.39 Å². The molecule has 4 aromatic rings. The third kappa shape index (κ3) is 1.76. The van der Waals surface area contributed by atoms with Crippen LogP contribution in [0, 0.1) is 5.82 Å². The van der Waals surface area contributed by atoms with E-state index in [0.717, 1.165) is 5.52 Å². The third-order valence-corrected chi connectivity index (χ3v) is 4.72. The van der Waals surface area contributed by atoms with Gasteiger partial charge in [-0.1, -0.05) is 0 Å². The Morgan fingerprint density at radius 1 is 1.28 bits per heavy atom. The zero-order valence-electron chi connectivity index (χ0n) is 13.7. The van der Waals surface area contributed by atoms with Crippen LogP contribution in [0.2, 0.25) is 0 Å². The number of aryl methyl sites for hydroxylation is 2. The fraction of sp³-hybridized carbons (Fsp3) is 0.235. The molecule has 4 heterocycles. The maximum absolute atomic E-state index is 14.9. The molecule has 3 aromatic heterocycles. The van der Waals surface area contributed by atoms with Crippen molar-refractivity contribution in [1.82, 2.24) is 23.9 Å². The summed E-state index contributed by atoms with van der Waals surface area (Å²) in [4.78, 5) is 16.9. The largest absolute Gasteiger partial charge is 0.490 e. The van der Waals surface area contributed by atoms with E-state index in [1.807, 2.05) is 0 Å². The Morgan fingerprint density at radius 3 is 2.88 bits per heavy atom. The van der Waals surface area contributed by atoms with Gasteiger partial charge in [-0.25, -0.2) is 9.18 Å². The Hall–Kier alpha value is -3.16. The summed E-state index contributed by atoms with van der Waals surface area (Å²) >= 11 is 0. The van der Waals surface area contributed by atoms with E-state index in [0.29, 0.717) is 39.8 Å². The molecule has 0 N–H and O–H groups in total. The number of aromatic nitrogens is 5. The smallest absolute Gasteiger partial charge is 0.329 e. The van der Waals surface area contributed by atoms with E-state index in [2.05, 4.69) is 10.1 Å². The lowest BCUT2D eigenvalue weighted by Gasteiger charge is -2.12. The fourth-order valence-electron chi connectivity index (χ4n) is 3.57. The second-order valence-corrected chi connectivity index (χ2v) is 6.19. The fourth-order valence-corrected chi connectivity index (χ4v) is 3.57. The molecule has 126 valence electrons. The normalized spacial score (nSPS) is 13.6. The monoisotopic (exact) mass is 339 g/mol. The number of hydrogen-bond acceptors (Lipinski definition) is 4. The minimum atomic E-state index is -0.422. The summed E-state index contributed by atoms with van der Waals surface area (Å²) in [5.74, 6) is -0.00738. The van der Waals surface area contributed by atoms with Crippen molar-refractivity contribution in [3.05, 3.63) is 41.0 Å². The molecule has 8 heteroatoms. The van der Waals surface area contributed by atoms with E-state index >= 15 is 0 Å². The highest BCUT2D eigenvalue weighted by Crippen LogP contribution is 2.42. The van der Waals surface area contributed by atoms with Gasteiger partial charge in [-0.2, -0.15) is 5.10 Å². The van der Waals surface area contributed by atoms with Gasteiger partial charge >= 0.3 is 5.69 Å². The Bertz CT molecular complexity index is 1230. The number of nitrogens with zero attached hydrogens (tertiary/aromatic N) is 5. The van der Waals surface area contributed by atoms with Crippen molar-refractivity contribution in [2.24, 2.45) is 14.1 Å². The van der Waals surface area contributed by atoms with E-state index in [-0.39, 0.29) is 12.3 Å². The molecule has 1 aliphatic heterocycles. The van der Waals surface area contributed by atoms with Crippen LogP contribution in [0.15, 0.2) is 29.5 Å². The van der Waals surface area contributed by atoms with Crippen LogP contribution in [0.25, 0.3) is 33.1 Å². The van der Waals surface area contributed by atoms with Crippen LogP contribution >= 0.6 is 0 Å². The molecule has 0 radical (unpaired) electrons. The first-order valence-corrected chi connectivity index (χ1v) is 7.88. The molecule has 0 aliphatic carbocycles. The zero-order valence-corrected chi connectivity index (χ0v) is 13.7. The molecule has 1 aliphatic rings. The van der Waals surface area contributed by atoms with Crippen molar-refractivity contribution in [3.63, 3.8) is 0 Å². The second kappa shape index (κ2) is 4.69. The van der Waals surface area contributed by atoms with Gasteiger partial charge in [0.1, 0.15) is 18.2 Å². The Kier molecular flexibility index (Phi) is 2.66. The minimum absolute atomic E-state index is 0.131. The average Bonchev–Trinajstić information content (AvgIpc) is 3.03. The standard InChI is InChI=1S/C17H14FN5O2/c1-21-8-9(6-20-21)13-10(18)5-11-14-15-12(7-19-11)22(2)17(24)23(15)3-4-25-16(13)14/h5-8H,3-4H2,1-2H3. The molecule has 0 bridgehead atoms. The molecule has 5 rings (SSSR count). The van der Waals surface area contributed by atoms with Crippen LogP contribution in [0.1, 0.15) is 0 Å². The van der Waals surface area contributed by atoms with E-state index in [4.69, 9.17) is 4.74 Å². The molecule has 25 heavy (non-hydrogen) atoms. The van der Waals surface area contributed by atoms with E-state index in [1.165, 1.54) is 6.07 Å².